The van der Waals surface area contributed by atoms with Gasteiger partial charge in [-0.05, 0) is 55.9 Å². The number of likely N-dealkylation sites (tertiary alicyclic amines) is 1. The van der Waals surface area contributed by atoms with Gasteiger partial charge in [0.25, 0.3) is 0 Å². The average molecular weight is 395 g/mol. The molecule has 3 aliphatic heterocycles. The average Bonchev–Trinajstić information content (AvgIpc) is 3.49. The predicted molar refractivity (Wildman–Crippen MR) is 111 cm³/mol. The van der Waals surface area contributed by atoms with Crippen molar-refractivity contribution >= 4 is 11.6 Å². The molecule has 5 rings (SSSR count). The molecule has 0 unspecified atom stereocenters. The van der Waals surface area contributed by atoms with Crippen LogP contribution in [0.25, 0.3) is 0 Å². The molecule has 4 aliphatic rings. The van der Waals surface area contributed by atoms with E-state index in [9.17, 15) is 9.90 Å². The molecule has 3 fully saturated rings. The summed E-state index contributed by atoms with van der Waals surface area (Å²) in [6.45, 7) is 2.24. The van der Waals surface area contributed by atoms with Crippen LogP contribution >= 0.6 is 0 Å². The smallest absolute Gasteiger partial charge is 0.226 e. The Bertz CT molecular complexity index is 847. The summed E-state index contributed by atoms with van der Waals surface area (Å²) < 4.78 is 5.47. The van der Waals surface area contributed by atoms with Crippen molar-refractivity contribution in [2.24, 2.45) is 17.8 Å². The fraction of sp³-hybridized carbons (Fsp3) is 0.625. The fourth-order valence-corrected chi connectivity index (χ4v) is 5.37. The van der Waals surface area contributed by atoms with E-state index in [0.717, 1.165) is 37.1 Å². The van der Waals surface area contributed by atoms with Gasteiger partial charge in [-0.3, -0.25) is 4.79 Å². The number of carbonyl (C=O) groups is 1. The number of likely N-dealkylation sites (N-methyl/N-ethyl adjacent to an activating group) is 1. The SMILES string of the molecule is CN1c2ccc(C#CC3CC3)cc2[C@@H]2[C@@H](CCN2C(=O)C2CCOCC2)[C@H]1CO. The molecular weight excluding hydrogens is 364 g/mol. The Hall–Kier alpha value is -2.03. The monoisotopic (exact) mass is 394 g/mol. The number of amides is 1. The van der Waals surface area contributed by atoms with Crippen LogP contribution in [0.15, 0.2) is 18.2 Å². The Morgan fingerprint density at radius 1 is 1.21 bits per heavy atom. The van der Waals surface area contributed by atoms with Crippen LogP contribution in [0.5, 0.6) is 0 Å². The highest BCUT2D eigenvalue weighted by molar-refractivity contribution is 5.80. The summed E-state index contributed by atoms with van der Waals surface area (Å²) in [4.78, 5) is 17.7. The van der Waals surface area contributed by atoms with Crippen LogP contribution < -0.4 is 4.90 Å². The molecule has 1 amide bonds. The number of aliphatic hydroxyl groups excluding tert-OH is 1. The number of rotatable bonds is 2. The minimum absolute atomic E-state index is 0.0383. The maximum Gasteiger partial charge on any atom is 0.226 e. The van der Waals surface area contributed by atoms with Gasteiger partial charge in [0, 0.05) is 55.8 Å². The zero-order valence-corrected chi connectivity index (χ0v) is 17.1. The van der Waals surface area contributed by atoms with E-state index >= 15 is 0 Å². The van der Waals surface area contributed by atoms with Crippen molar-refractivity contribution in [2.45, 2.75) is 44.2 Å². The second-order valence-electron chi connectivity index (χ2n) is 8.99. The fourth-order valence-electron chi connectivity index (χ4n) is 5.37. The molecule has 0 spiro atoms. The van der Waals surface area contributed by atoms with Crippen molar-refractivity contribution in [3.8, 4) is 11.8 Å². The lowest BCUT2D eigenvalue weighted by molar-refractivity contribution is -0.140. The van der Waals surface area contributed by atoms with Gasteiger partial charge in [0.1, 0.15) is 0 Å². The number of nitrogens with zero attached hydrogens (tertiary/aromatic N) is 2. The molecule has 29 heavy (non-hydrogen) atoms. The van der Waals surface area contributed by atoms with Crippen LogP contribution in [-0.2, 0) is 9.53 Å². The summed E-state index contributed by atoms with van der Waals surface area (Å²) in [7, 11) is 2.06. The summed E-state index contributed by atoms with van der Waals surface area (Å²) >= 11 is 0. The second kappa shape index (κ2) is 7.66. The van der Waals surface area contributed by atoms with Gasteiger partial charge in [0.2, 0.25) is 5.91 Å². The van der Waals surface area contributed by atoms with Gasteiger partial charge in [0.15, 0.2) is 0 Å². The first-order valence-electron chi connectivity index (χ1n) is 11.0. The molecule has 1 saturated carbocycles. The summed E-state index contributed by atoms with van der Waals surface area (Å²) in [6.07, 6.45) is 5.01. The van der Waals surface area contributed by atoms with Gasteiger partial charge in [0.05, 0.1) is 18.7 Å². The summed E-state index contributed by atoms with van der Waals surface area (Å²) in [6, 6.07) is 6.49. The number of fused-ring (bicyclic) bond motifs is 3. The topological polar surface area (TPSA) is 53.0 Å². The molecule has 0 aromatic heterocycles. The van der Waals surface area contributed by atoms with Crippen LogP contribution in [0.1, 0.15) is 49.3 Å². The molecule has 1 aliphatic carbocycles. The number of anilines is 1. The zero-order chi connectivity index (χ0) is 20.0. The molecule has 154 valence electrons. The van der Waals surface area contributed by atoms with Gasteiger partial charge in [-0.25, -0.2) is 0 Å². The van der Waals surface area contributed by atoms with E-state index < -0.39 is 0 Å². The minimum atomic E-state index is 0.0383. The molecule has 0 bridgehead atoms. The van der Waals surface area contributed by atoms with Crippen molar-refractivity contribution in [1.82, 2.24) is 4.90 Å². The Morgan fingerprint density at radius 3 is 2.72 bits per heavy atom. The Morgan fingerprint density at radius 2 is 2.00 bits per heavy atom. The van der Waals surface area contributed by atoms with Crippen LogP contribution in [0.3, 0.4) is 0 Å². The van der Waals surface area contributed by atoms with E-state index in [0.29, 0.717) is 19.1 Å². The van der Waals surface area contributed by atoms with E-state index in [1.807, 2.05) is 0 Å². The first-order valence-corrected chi connectivity index (χ1v) is 11.0. The molecule has 1 N–H and O–H groups in total. The largest absolute Gasteiger partial charge is 0.394 e. The maximum absolute atomic E-state index is 13.4. The Labute approximate surface area is 173 Å². The number of ether oxygens (including phenoxy) is 1. The van der Waals surface area contributed by atoms with E-state index in [2.05, 4.69) is 46.9 Å². The van der Waals surface area contributed by atoms with E-state index in [-0.39, 0.29) is 36.4 Å². The van der Waals surface area contributed by atoms with Crippen LogP contribution in [0.4, 0.5) is 5.69 Å². The highest BCUT2D eigenvalue weighted by atomic mass is 16.5. The summed E-state index contributed by atoms with van der Waals surface area (Å²) in [5.74, 6) is 7.86. The molecule has 5 heteroatoms. The van der Waals surface area contributed by atoms with Crippen molar-refractivity contribution in [3.05, 3.63) is 29.3 Å². The highest BCUT2D eigenvalue weighted by Crippen LogP contribution is 2.49. The summed E-state index contributed by atoms with van der Waals surface area (Å²) in [5, 5.41) is 10.1. The Balaban J connectivity index is 1.51. The maximum atomic E-state index is 13.4. The molecule has 5 nitrogen and oxygen atoms in total. The third-order valence-corrected chi connectivity index (χ3v) is 7.20. The van der Waals surface area contributed by atoms with E-state index in [1.54, 1.807) is 0 Å². The van der Waals surface area contributed by atoms with Gasteiger partial charge >= 0.3 is 0 Å². The van der Waals surface area contributed by atoms with Gasteiger partial charge < -0.3 is 19.6 Å². The first kappa shape index (κ1) is 19.0. The van der Waals surface area contributed by atoms with Crippen LogP contribution in [-0.4, -0.2) is 55.4 Å². The van der Waals surface area contributed by atoms with Gasteiger partial charge in [-0.15, -0.1) is 0 Å². The number of carbonyl (C=O) groups excluding carboxylic acids is 1. The van der Waals surface area contributed by atoms with E-state index in [4.69, 9.17) is 4.74 Å². The quantitative estimate of drug-likeness (QED) is 0.784. The number of benzene rings is 1. The lowest BCUT2D eigenvalue weighted by atomic mass is 9.81. The summed E-state index contributed by atoms with van der Waals surface area (Å²) in [5.41, 5.74) is 3.35. The lowest BCUT2D eigenvalue weighted by Gasteiger charge is -2.45. The van der Waals surface area contributed by atoms with Gasteiger partial charge in [-0.2, -0.15) is 0 Å². The Kier molecular flexibility index (Phi) is 5.01. The molecule has 1 aromatic rings. The molecular formula is C24H30N2O3. The van der Waals surface area contributed by atoms with Crippen molar-refractivity contribution in [1.29, 1.82) is 0 Å². The lowest BCUT2D eigenvalue weighted by Crippen LogP contribution is -2.49. The number of hydrogen-bond donors (Lipinski definition) is 1. The van der Waals surface area contributed by atoms with Gasteiger partial charge in [-0.1, -0.05) is 11.8 Å². The third kappa shape index (κ3) is 3.43. The zero-order valence-electron chi connectivity index (χ0n) is 17.1. The molecule has 3 atom stereocenters. The highest BCUT2D eigenvalue weighted by Gasteiger charge is 2.48. The number of aliphatic hydroxyl groups is 1. The number of hydrogen-bond acceptors (Lipinski definition) is 4. The van der Waals surface area contributed by atoms with E-state index in [1.165, 1.54) is 18.4 Å². The molecule has 3 heterocycles. The predicted octanol–water partition coefficient (Wildman–Crippen LogP) is 2.58. The van der Waals surface area contributed by atoms with Crippen LogP contribution in [0, 0.1) is 29.6 Å². The van der Waals surface area contributed by atoms with Crippen LogP contribution in [0.2, 0.25) is 0 Å². The standard InChI is InChI=1S/C24H30N2O3/c1-25-21-7-6-17(5-4-16-2-3-16)14-20(21)23-19(22(25)15-27)8-11-26(23)24(28)18-9-12-29-13-10-18/h6-7,14,16,18-19,22-23,27H,2-3,8-13,15H2,1H3/t19-,22+,23-/m0/s1. The second-order valence-corrected chi connectivity index (χ2v) is 8.99. The van der Waals surface area contributed by atoms with Crippen molar-refractivity contribution in [2.75, 3.05) is 38.3 Å². The van der Waals surface area contributed by atoms with Crippen molar-refractivity contribution < 1.29 is 14.6 Å². The normalized spacial score (nSPS) is 29.1. The minimum Gasteiger partial charge on any atom is -0.394 e. The molecule has 1 aromatic carbocycles. The molecule has 2 saturated heterocycles. The van der Waals surface area contributed by atoms with Crippen molar-refractivity contribution in [3.63, 3.8) is 0 Å². The third-order valence-electron chi connectivity index (χ3n) is 7.20. The molecule has 0 radical (unpaired) electrons. The first-order chi connectivity index (χ1) is 14.2.